The topological polar surface area (TPSA) is 9.72 Å². The smallest absolute Gasteiger partial charge is 0.252 e. The van der Waals surface area contributed by atoms with Crippen LogP contribution in [0.1, 0.15) is 109 Å². The summed E-state index contributed by atoms with van der Waals surface area (Å²) < 4.78 is 0. The van der Waals surface area contributed by atoms with Crippen LogP contribution in [0.15, 0.2) is 121 Å². The number of fused-ring (bicyclic) bond motifs is 7. The van der Waals surface area contributed by atoms with Gasteiger partial charge in [0.15, 0.2) is 0 Å². The monoisotopic (exact) mass is 759 g/mol. The van der Waals surface area contributed by atoms with Crippen LogP contribution in [0.5, 0.6) is 0 Å². The highest BCUT2D eigenvalue weighted by atomic mass is 15.3. The van der Waals surface area contributed by atoms with Crippen molar-refractivity contribution in [3.63, 3.8) is 0 Å². The zero-order valence-electron chi connectivity index (χ0n) is 36.3. The van der Waals surface area contributed by atoms with Crippen molar-refractivity contribution < 1.29 is 0 Å². The average Bonchev–Trinajstić information content (AvgIpc) is 3.41. The fourth-order valence-corrected chi connectivity index (χ4v) is 11.3. The molecule has 2 unspecified atom stereocenters. The van der Waals surface area contributed by atoms with E-state index in [1.165, 1.54) is 115 Å². The van der Waals surface area contributed by atoms with Crippen molar-refractivity contribution in [2.24, 2.45) is 0 Å². The maximum atomic E-state index is 2.86. The highest BCUT2D eigenvalue weighted by Gasteiger charge is 2.61. The molecule has 0 spiro atoms. The van der Waals surface area contributed by atoms with E-state index >= 15 is 0 Å². The molecule has 2 atom stereocenters. The second kappa shape index (κ2) is 12.6. The summed E-state index contributed by atoms with van der Waals surface area (Å²) >= 11 is 0. The average molecular weight is 760 g/mol. The summed E-state index contributed by atoms with van der Waals surface area (Å²) in [7, 11) is 0. The number of hydrogen-bond acceptors (Lipinski definition) is 3. The molecule has 58 heavy (non-hydrogen) atoms. The van der Waals surface area contributed by atoms with E-state index in [1.807, 2.05) is 0 Å². The van der Waals surface area contributed by atoms with Crippen molar-refractivity contribution >= 4 is 68.6 Å². The molecule has 6 aromatic carbocycles. The number of hydrogen-bond donors (Lipinski definition) is 0. The Hall–Kier alpha value is -5.22. The minimum Gasteiger partial charge on any atom is -0.335 e. The molecule has 0 amide bonds. The summed E-state index contributed by atoms with van der Waals surface area (Å²) in [6.45, 7) is 23.8. The van der Waals surface area contributed by atoms with Gasteiger partial charge in [-0.3, -0.25) is 0 Å². The SMILES string of the molecule is Cc1ccccc1N(c1cc2c3c(c1)N1c4c(cccc4C4(C)CCCCC14C)B3c1ccc(C(C)(C)C)cc1N2c1cccc(C(C)(C)C)c1)c1ccccc1C. The van der Waals surface area contributed by atoms with Gasteiger partial charge in [0.05, 0.1) is 11.2 Å². The van der Waals surface area contributed by atoms with Gasteiger partial charge >= 0.3 is 0 Å². The molecule has 3 aliphatic heterocycles. The first-order valence-electron chi connectivity index (χ1n) is 21.7. The van der Waals surface area contributed by atoms with Gasteiger partial charge < -0.3 is 14.7 Å². The summed E-state index contributed by atoms with van der Waals surface area (Å²) in [4.78, 5) is 8.04. The van der Waals surface area contributed by atoms with Crippen molar-refractivity contribution in [1.82, 2.24) is 0 Å². The summed E-state index contributed by atoms with van der Waals surface area (Å²) in [6.07, 6.45) is 4.90. The standard InChI is InChI=1S/C54H58BN3/c1-35-19-11-13-25-44(35)57(45-26-14-12-20-36(45)2)40-33-47-49-48(34-40)58-50-41(53(9)29-15-16-30-54(53,58)10)23-18-24-43(50)55(49)42-28-27-38(52(6,7)8)32-46(42)56(47)39-22-17-21-37(31-39)51(3,4)5/h11-14,17-28,31-34H,15-16,29-30H2,1-10H3. The number of rotatable bonds is 4. The molecule has 3 nitrogen and oxygen atoms in total. The molecule has 1 fully saturated rings. The predicted molar refractivity (Wildman–Crippen MR) is 250 cm³/mol. The van der Waals surface area contributed by atoms with E-state index in [-0.39, 0.29) is 28.5 Å². The van der Waals surface area contributed by atoms with E-state index in [9.17, 15) is 0 Å². The predicted octanol–water partition coefficient (Wildman–Crippen LogP) is 12.7. The van der Waals surface area contributed by atoms with Crippen LogP contribution in [0.3, 0.4) is 0 Å². The molecule has 10 rings (SSSR count). The maximum Gasteiger partial charge on any atom is 0.252 e. The van der Waals surface area contributed by atoms with Crippen molar-refractivity contribution in [1.29, 1.82) is 0 Å². The highest BCUT2D eigenvalue weighted by molar-refractivity contribution is 7.00. The molecule has 292 valence electrons. The lowest BCUT2D eigenvalue weighted by Gasteiger charge is -2.53. The van der Waals surface area contributed by atoms with Crippen LogP contribution in [0.4, 0.5) is 45.5 Å². The lowest BCUT2D eigenvalue weighted by molar-refractivity contribution is 0.195. The van der Waals surface area contributed by atoms with Gasteiger partial charge in [0, 0.05) is 45.2 Å². The number of anilines is 8. The Labute approximate surface area is 347 Å². The van der Waals surface area contributed by atoms with Crippen molar-refractivity contribution in [3.05, 3.63) is 149 Å². The summed E-state index contributed by atoms with van der Waals surface area (Å²) in [5.41, 5.74) is 21.2. The Morgan fingerprint density at radius 2 is 1.21 bits per heavy atom. The maximum absolute atomic E-state index is 2.86. The van der Waals surface area contributed by atoms with E-state index in [0.29, 0.717) is 0 Å². The Bertz CT molecular complexity index is 2600. The van der Waals surface area contributed by atoms with Crippen molar-refractivity contribution in [2.45, 2.75) is 117 Å². The summed E-state index contributed by atoms with van der Waals surface area (Å²) in [5.74, 6) is 0. The molecule has 0 radical (unpaired) electrons. The van der Waals surface area contributed by atoms with Crippen LogP contribution >= 0.6 is 0 Å². The third-order valence-corrected chi connectivity index (χ3v) is 14.8. The first-order valence-corrected chi connectivity index (χ1v) is 21.7. The number of benzene rings is 6. The van der Waals surface area contributed by atoms with Crippen LogP contribution in [-0.2, 0) is 16.2 Å². The van der Waals surface area contributed by atoms with Gasteiger partial charge in [0.25, 0.3) is 6.71 Å². The van der Waals surface area contributed by atoms with Crippen LogP contribution in [-0.4, -0.2) is 12.3 Å². The van der Waals surface area contributed by atoms with E-state index in [2.05, 4.69) is 205 Å². The largest absolute Gasteiger partial charge is 0.335 e. The van der Waals surface area contributed by atoms with Gasteiger partial charge in [-0.25, -0.2) is 0 Å². The molecule has 1 aliphatic carbocycles. The molecule has 1 saturated carbocycles. The number of nitrogens with zero attached hydrogens (tertiary/aromatic N) is 3. The Morgan fingerprint density at radius 3 is 1.88 bits per heavy atom. The Balaban J connectivity index is 1.37. The van der Waals surface area contributed by atoms with Gasteiger partial charge in [-0.15, -0.1) is 0 Å². The number of para-hydroxylation sites is 3. The minimum atomic E-state index is -0.0649. The second-order valence-electron chi connectivity index (χ2n) is 20.3. The minimum absolute atomic E-state index is 0.00307. The van der Waals surface area contributed by atoms with Gasteiger partial charge in [-0.2, -0.15) is 0 Å². The van der Waals surface area contributed by atoms with Gasteiger partial charge in [-0.05, 0) is 131 Å². The normalized spacial score (nSPS) is 20.3. The fourth-order valence-electron chi connectivity index (χ4n) is 11.3. The van der Waals surface area contributed by atoms with E-state index in [1.54, 1.807) is 0 Å². The molecule has 4 heteroatoms. The lowest BCUT2D eigenvalue weighted by atomic mass is 9.33. The van der Waals surface area contributed by atoms with E-state index in [0.717, 1.165) is 0 Å². The van der Waals surface area contributed by atoms with Crippen LogP contribution < -0.4 is 31.1 Å². The lowest BCUT2D eigenvalue weighted by Crippen LogP contribution is -2.64. The van der Waals surface area contributed by atoms with Crippen molar-refractivity contribution in [2.75, 3.05) is 14.7 Å². The van der Waals surface area contributed by atoms with Crippen LogP contribution in [0, 0.1) is 13.8 Å². The molecule has 4 aliphatic rings. The molecular weight excluding hydrogens is 701 g/mol. The van der Waals surface area contributed by atoms with Crippen molar-refractivity contribution in [3.8, 4) is 0 Å². The van der Waals surface area contributed by atoms with E-state index in [4.69, 9.17) is 0 Å². The third kappa shape index (κ3) is 5.19. The quantitative estimate of drug-likeness (QED) is 0.166. The summed E-state index contributed by atoms with van der Waals surface area (Å²) in [6, 6.07) is 47.0. The van der Waals surface area contributed by atoms with Gasteiger partial charge in [0.1, 0.15) is 0 Å². The molecule has 6 aromatic rings. The van der Waals surface area contributed by atoms with Crippen LogP contribution in [0.25, 0.3) is 0 Å². The van der Waals surface area contributed by atoms with Gasteiger partial charge in [-0.1, -0.05) is 140 Å². The molecule has 0 N–H and O–H groups in total. The summed E-state index contributed by atoms with van der Waals surface area (Å²) in [5, 5.41) is 0. The van der Waals surface area contributed by atoms with E-state index < -0.39 is 0 Å². The molecule has 3 heterocycles. The van der Waals surface area contributed by atoms with Gasteiger partial charge in [0.2, 0.25) is 0 Å². The second-order valence-corrected chi connectivity index (χ2v) is 20.3. The first-order chi connectivity index (χ1) is 27.6. The van der Waals surface area contributed by atoms with Crippen LogP contribution in [0.2, 0.25) is 0 Å². The molecule has 0 bridgehead atoms. The fraction of sp³-hybridized carbons (Fsp3) is 0.333. The number of aryl methyl sites for hydroxylation is 2. The Morgan fingerprint density at radius 1 is 0.586 bits per heavy atom. The third-order valence-electron chi connectivity index (χ3n) is 14.8. The zero-order valence-corrected chi connectivity index (χ0v) is 36.3. The molecule has 0 saturated heterocycles. The Kier molecular flexibility index (Phi) is 8.08. The molecular formula is C54H58BN3. The zero-order chi connectivity index (χ0) is 40.5. The molecule has 0 aromatic heterocycles. The first kappa shape index (κ1) is 37.1. The highest BCUT2D eigenvalue weighted by Crippen LogP contribution is 2.62.